The largest absolute Gasteiger partial charge is 0.392 e. The second kappa shape index (κ2) is 4.68. The van der Waals surface area contributed by atoms with E-state index in [0.29, 0.717) is 5.56 Å². The van der Waals surface area contributed by atoms with Gasteiger partial charge in [0.05, 0.1) is 12.3 Å². The highest BCUT2D eigenvalue weighted by Gasteiger charge is 2.00. The summed E-state index contributed by atoms with van der Waals surface area (Å²) in [6, 6.07) is 11.0. The quantitative estimate of drug-likeness (QED) is 0.794. The minimum Gasteiger partial charge on any atom is -0.392 e. The van der Waals surface area contributed by atoms with E-state index >= 15 is 0 Å². The van der Waals surface area contributed by atoms with Crippen molar-refractivity contribution in [2.24, 2.45) is 0 Å². The molecule has 0 bridgehead atoms. The van der Waals surface area contributed by atoms with Gasteiger partial charge in [0.1, 0.15) is 0 Å². The fourth-order valence-electron chi connectivity index (χ4n) is 1.47. The molecule has 80 valence electrons. The van der Waals surface area contributed by atoms with E-state index < -0.39 is 0 Å². The number of nitrogens with zero attached hydrogens (tertiary/aromatic N) is 1. The molecule has 3 heteroatoms. The number of hydrogen-bond acceptors (Lipinski definition) is 3. The van der Waals surface area contributed by atoms with Crippen molar-refractivity contribution in [3.8, 4) is 11.3 Å². The topological polar surface area (TPSA) is 50.2 Å². The van der Waals surface area contributed by atoms with Crippen LogP contribution in [-0.2, 0) is 6.61 Å². The number of aliphatic hydroxyl groups is 1. The van der Waals surface area contributed by atoms with Crippen molar-refractivity contribution in [3.05, 3.63) is 53.7 Å². The molecule has 2 rings (SSSR count). The molecule has 0 unspecified atom stereocenters. The number of pyridine rings is 1. The summed E-state index contributed by atoms with van der Waals surface area (Å²) in [7, 11) is 0. The van der Waals surface area contributed by atoms with Gasteiger partial charge >= 0.3 is 0 Å². The smallest absolute Gasteiger partial charge is 0.151 e. The molecule has 0 atom stereocenters. The lowest BCUT2D eigenvalue weighted by Crippen LogP contribution is -1.88. The number of carbonyl (C=O) groups excluding carboxylic acids is 1. The molecule has 0 amide bonds. The molecule has 0 saturated carbocycles. The first-order valence-electron chi connectivity index (χ1n) is 4.95. The van der Waals surface area contributed by atoms with Crippen molar-refractivity contribution in [1.29, 1.82) is 0 Å². The van der Waals surface area contributed by atoms with E-state index in [0.717, 1.165) is 23.1 Å². The van der Waals surface area contributed by atoms with Gasteiger partial charge in [-0.3, -0.25) is 9.78 Å². The average Bonchev–Trinajstić information content (AvgIpc) is 2.39. The number of aldehydes is 1. The van der Waals surface area contributed by atoms with Crippen LogP contribution in [-0.4, -0.2) is 16.4 Å². The molecule has 1 aromatic heterocycles. The zero-order chi connectivity index (χ0) is 11.4. The lowest BCUT2D eigenvalue weighted by molar-refractivity contribution is 0.112. The summed E-state index contributed by atoms with van der Waals surface area (Å²) < 4.78 is 0. The number of carbonyl (C=O) groups is 1. The minimum absolute atomic E-state index is 0.0141. The van der Waals surface area contributed by atoms with E-state index in [1.807, 2.05) is 24.3 Å². The number of hydrogen-bond donors (Lipinski definition) is 1. The molecule has 3 nitrogen and oxygen atoms in total. The van der Waals surface area contributed by atoms with Crippen LogP contribution >= 0.6 is 0 Å². The monoisotopic (exact) mass is 213 g/mol. The van der Waals surface area contributed by atoms with Crippen LogP contribution in [0, 0.1) is 0 Å². The standard InChI is InChI=1S/C13H11NO2/c15-8-10-2-1-3-12(6-10)13-5-4-11(9-16)7-14-13/h1-7,9,15H,8H2. The van der Waals surface area contributed by atoms with Crippen molar-refractivity contribution in [1.82, 2.24) is 4.98 Å². The minimum atomic E-state index is 0.0141. The first-order chi connectivity index (χ1) is 7.83. The van der Waals surface area contributed by atoms with Gasteiger partial charge in [-0.1, -0.05) is 18.2 Å². The maximum absolute atomic E-state index is 10.5. The Kier molecular flexibility index (Phi) is 3.08. The Morgan fingerprint density at radius 3 is 2.75 bits per heavy atom. The van der Waals surface area contributed by atoms with Crippen molar-refractivity contribution in [2.45, 2.75) is 6.61 Å². The van der Waals surface area contributed by atoms with Gasteiger partial charge in [-0.2, -0.15) is 0 Å². The van der Waals surface area contributed by atoms with E-state index in [9.17, 15) is 4.79 Å². The molecular formula is C13H11NO2. The summed E-state index contributed by atoms with van der Waals surface area (Å²) in [4.78, 5) is 14.7. The van der Waals surface area contributed by atoms with Gasteiger partial charge in [0.2, 0.25) is 0 Å². The molecular weight excluding hydrogens is 202 g/mol. The Morgan fingerprint density at radius 1 is 1.25 bits per heavy atom. The van der Waals surface area contributed by atoms with E-state index in [4.69, 9.17) is 5.11 Å². The lowest BCUT2D eigenvalue weighted by atomic mass is 10.1. The molecule has 0 spiro atoms. The Hall–Kier alpha value is -2.00. The summed E-state index contributed by atoms with van der Waals surface area (Å²) >= 11 is 0. The Labute approximate surface area is 93.4 Å². The number of aromatic nitrogens is 1. The third-order valence-corrected chi connectivity index (χ3v) is 2.33. The van der Waals surface area contributed by atoms with Gasteiger partial charge in [-0.15, -0.1) is 0 Å². The lowest BCUT2D eigenvalue weighted by Gasteiger charge is -2.02. The highest BCUT2D eigenvalue weighted by molar-refractivity contribution is 5.75. The first kappa shape index (κ1) is 10.5. The second-order valence-electron chi connectivity index (χ2n) is 3.45. The van der Waals surface area contributed by atoms with Gasteiger partial charge in [-0.25, -0.2) is 0 Å². The normalized spacial score (nSPS) is 10.1. The molecule has 16 heavy (non-hydrogen) atoms. The highest BCUT2D eigenvalue weighted by atomic mass is 16.3. The van der Waals surface area contributed by atoms with Gasteiger partial charge in [-0.05, 0) is 23.8 Å². The molecule has 2 aromatic rings. The van der Waals surface area contributed by atoms with Crippen molar-refractivity contribution < 1.29 is 9.90 Å². The van der Waals surface area contributed by atoms with Crippen LogP contribution in [0.2, 0.25) is 0 Å². The fraction of sp³-hybridized carbons (Fsp3) is 0.0769. The molecule has 1 heterocycles. The molecule has 1 N–H and O–H groups in total. The molecule has 0 aliphatic carbocycles. The third-order valence-electron chi connectivity index (χ3n) is 2.33. The van der Waals surface area contributed by atoms with Crippen LogP contribution in [0.1, 0.15) is 15.9 Å². The Morgan fingerprint density at radius 2 is 2.12 bits per heavy atom. The Bertz CT molecular complexity index is 492. The van der Waals surface area contributed by atoms with Crippen LogP contribution in [0.25, 0.3) is 11.3 Å². The van der Waals surface area contributed by atoms with Gasteiger partial charge in [0.25, 0.3) is 0 Å². The first-order valence-corrected chi connectivity index (χ1v) is 4.95. The van der Waals surface area contributed by atoms with E-state index in [1.54, 1.807) is 12.1 Å². The van der Waals surface area contributed by atoms with E-state index in [1.165, 1.54) is 6.20 Å². The maximum atomic E-state index is 10.5. The maximum Gasteiger partial charge on any atom is 0.151 e. The van der Waals surface area contributed by atoms with Crippen molar-refractivity contribution >= 4 is 6.29 Å². The summed E-state index contributed by atoms with van der Waals surface area (Å²) in [6.45, 7) is 0.0141. The van der Waals surface area contributed by atoms with Crippen LogP contribution in [0.5, 0.6) is 0 Å². The number of aliphatic hydroxyl groups excluding tert-OH is 1. The highest BCUT2D eigenvalue weighted by Crippen LogP contribution is 2.18. The van der Waals surface area contributed by atoms with E-state index in [-0.39, 0.29) is 6.61 Å². The van der Waals surface area contributed by atoms with Crippen LogP contribution in [0.15, 0.2) is 42.6 Å². The summed E-state index contributed by atoms with van der Waals surface area (Å²) in [6.07, 6.45) is 2.30. The van der Waals surface area contributed by atoms with Crippen LogP contribution in [0.3, 0.4) is 0 Å². The summed E-state index contributed by atoms with van der Waals surface area (Å²) in [5, 5.41) is 9.02. The third kappa shape index (κ3) is 2.15. The molecule has 0 saturated heterocycles. The average molecular weight is 213 g/mol. The van der Waals surface area contributed by atoms with Crippen molar-refractivity contribution in [3.63, 3.8) is 0 Å². The van der Waals surface area contributed by atoms with Gasteiger partial charge in [0.15, 0.2) is 6.29 Å². The molecule has 0 aliphatic rings. The van der Waals surface area contributed by atoms with Gasteiger partial charge < -0.3 is 5.11 Å². The zero-order valence-corrected chi connectivity index (χ0v) is 8.63. The summed E-state index contributed by atoms with van der Waals surface area (Å²) in [5.41, 5.74) is 3.13. The molecule has 0 radical (unpaired) electrons. The zero-order valence-electron chi connectivity index (χ0n) is 8.63. The van der Waals surface area contributed by atoms with Crippen LogP contribution in [0.4, 0.5) is 0 Å². The predicted molar refractivity (Wildman–Crippen MR) is 61.0 cm³/mol. The second-order valence-corrected chi connectivity index (χ2v) is 3.45. The Balaban J connectivity index is 2.38. The number of rotatable bonds is 3. The predicted octanol–water partition coefficient (Wildman–Crippen LogP) is 2.05. The van der Waals surface area contributed by atoms with Crippen LogP contribution < -0.4 is 0 Å². The molecule has 1 aromatic carbocycles. The fourth-order valence-corrected chi connectivity index (χ4v) is 1.47. The van der Waals surface area contributed by atoms with Gasteiger partial charge in [0, 0.05) is 17.3 Å². The summed E-state index contributed by atoms with van der Waals surface area (Å²) in [5.74, 6) is 0. The number of benzene rings is 1. The molecule has 0 fully saturated rings. The van der Waals surface area contributed by atoms with E-state index in [2.05, 4.69) is 4.98 Å². The SMILES string of the molecule is O=Cc1ccc(-c2cccc(CO)c2)nc1. The van der Waals surface area contributed by atoms with Crippen molar-refractivity contribution in [2.75, 3.05) is 0 Å². The molecule has 0 aliphatic heterocycles.